The zero-order valence-electron chi connectivity index (χ0n) is 16.9. The molecule has 2 saturated heterocycles. The van der Waals surface area contributed by atoms with E-state index in [-0.39, 0.29) is 11.9 Å². The summed E-state index contributed by atoms with van der Waals surface area (Å²) in [5.41, 5.74) is 1.52. The van der Waals surface area contributed by atoms with Crippen molar-refractivity contribution in [2.75, 3.05) is 32.8 Å². The molecule has 150 valence electrons. The van der Waals surface area contributed by atoms with E-state index in [0.717, 1.165) is 31.5 Å². The highest BCUT2D eigenvalue weighted by Crippen LogP contribution is 2.29. The molecule has 2 atom stereocenters. The van der Waals surface area contributed by atoms with Crippen LogP contribution < -0.4 is 0 Å². The maximum absolute atomic E-state index is 12.8. The quantitative estimate of drug-likeness (QED) is 0.807. The molecule has 0 aliphatic carbocycles. The SMILES string of the molecule is Cc1ccc(-c2noc([C@H](C)N3CCN(C(=O)[C@]4(C)CCCO4)CC3)n2)cc1. The third kappa shape index (κ3) is 3.69. The van der Waals surface area contributed by atoms with Gasteiger partial charge in [0.1, 0.15) is 5.60 Å². The Morgan fingerprint density at radius 3 is 2.54 bits per heavy atom. The summed E-state index contributed by atoms with van der Waals surface area (Å²) in [5.74, 6) is 1.35. The van der Waals surface area contributed by atoms with Gasteiger partial charge < -0.3 is 14.2 Å². The number of carbonyl (C=O) groups is 1. The normalized spacial score (nSPS) is 24.5. The van der Waals surface area contributed by atoms with Crippen LogP contribution in [0.2, 0.25) is 0 Å². The van der Waals surface area contributed by atoms with Gasteiger partial charge >= 0.3 is 0 Å². The average molecular weight is 384 g/mol. The lowest BCUT2D eigenvalue weighted by Gasteiger charge is -2.39. The fraction of sp³-hybridized carbons (Fsp3) is 0.571. The second kappa shape index (κ2) is 7.64. The molecule has 1 aromatic heterocycles. The highest BCUT2D eigenvalue weighted by Gasteiger charge is 2.41. The van der Waals surface area contributed by atoms with Crippen LogP contribution >= 0.6 is 0 Å². The summed E-state index contributed by atoms with van der Waals surface area (Å²) in [4.78, 5) is 21.6. The predicted molar refractivity (Wildman–Crippen MR) is 105 cm³/mol. The molecule has 1 aromatic carbocycles. The number of carbonyl (C=O) groups excluding carboxylic acids is 1. The number of amides is 1. The summed E-state index contributed by atoms with van der Waals surface area (Å²) < 4.78 is 11.2. The van der Waals surface area contributed by atoms with Crippen LogP contribution in [0.4, 0.5) is 0 Å². The highest BCUT2D eigenvalue weighted by atomic mass is 16.5. The standard InChI is InChI=1S/C21H28N4O3/c1-15-5-7-17(8-6-15)18-22-19(28-23-18)16(2)24-10-12-25(13-11-24)20(26)21(3)9-4-14-27-21/h5-8,16H,4,9-14H2,1-3H3/t16-,21-/m0/s1. The Morgan fingerprint density at radius 2 is 1.89 bits per heavy atom. The van der Waals surface area contributed by atoms with Gasteiger partial charge in [-0.25, -0.2) is 0 Å². The van der Waals surface area contributed by atoms with Crippen LogP contribution in [0.3, 0.4) is 0 Å². The average Bonchev–Trinajstić information content (AvgIpc) is 3.38. The van der Waals surface area contributed by atoms with Crippen LogP contribution in [-0.4, -0.2) is 64.2 Å². The number of nitrogens with zero attached hydrogens (tertiary/aromatic N) is 4. The number of hydrogen-bond donors (Lipinski definition) is 0. The van der Waals surface area contributed by atoms with Crippen LogP contribution in [-0.2, 0) is 9.53 Å². The van der Waals surface area contributed by atoms with E-state index in [1.165, 1.54) is 5.56 Å². The fourth-order valence-electron chi connectivity index (χ4n) is 3.98. The number of ether oxygens (including phenoxy) is 1. The first kappa shape index (κ1) is 19.1. The molecule has 0 unspecified atom stereocenters. The lowest BCUT2D eigenvalue weighted by Crippen LogP contribution is -2.55. The third-order valence-electron chi connectivity index (χ3n) is 5.93. The summed E-state index contributed by atoms with van der Waals surface area (Å²) >= 11 is 0. The number of aryl methyl sites for hydroxylation is 1. The van der Waals surface area contributed by atoms with Gasteiger partial charge in [-0.05, 0) is 33.6 Å². The first-order valence-corrected chi connectivity index (χ1v) is 10.0. The summed E-state index contributed by atoms with van der Waals surface area (Å²) in [6.07, 6.45) is 1.77. The molecule has 0 bridgehead atoms. The van der Waals surface area contributed by atoms with E-state index in [2.05, 4.69) is 28.9 Å². The van der Waals surface area contributed by atoms with Crippen molar-refractivity contribution in [2.45, 2.75) is 45.3 Å². The molecule has 28 heavy (non-hydrogen) atoms. The van der Waals surface area contributed by atoms with Gasteiger partial charge in [0.05, 0.1) is 6.04 Å². The van der Waals surface area contributed by atoms with Gasteiger partial charge in [-0.1, -0.05) is 35.0 Å². The van der Waals surface area contributed by atoms with Crippen molar-refractivity contribution in [3.63, 3.8) is 0 Å². The van der Waals surface area contributed by atoms with E-state index in [4.69, 9.17) is 9.26 Å². The molecule has 4 rings (SSSR count). The molecule has 2 aromatic rings. The molecule has 0 N–H and O–H groups in total. The second-order valence-corrected chi connectivity index (χ2v) is 8.01. The van der Waals surface area contributed by atoms with Crippen molar-refractivity contribution in [2.24, 2.45) is 0 Å². The molecule has 2 aliphatic heterocycles. The van der Waals surface area contributed by atoms with Gasteiger partial charge in [-0.3, -0.25) is 9.69 Å². The second-order valence-electron chi connectivity index (χ2n) is 8.01. The first-order chi connectivity index (χ1) is 13.5. The molecular formula is C21H28N4O3. The Morgan fingerprint density at radius 1 is 1.18 bits per heavy atom. The number of aromatic nitrogens is 2. The van der Waals surface area contributed by atoms with E-state index in [1.807, 2.05) is 36.1 Å². The Kier molecular flexibility index (Phi) is 5.21. The van der Waals surface area contributed by atoms with Crippen LogP contribution in [0.15, 0.2) is 28.8 Å². The monoisotopic (exact) mass is 384 g/mol. The maximum atomic E-state index is 12.8. The molecule has 0 saturated carbocycles. The van der Waals surface area contributed by atoms with E-state index in [9.17, 15) is 4.79 Å². The van der Waals surface area contributed by atoms with E-state index < -0.39 is 5.60 Å². The topological polar surface area (TPSA) is 71.7 Å². The van der Waals surface area contributed by atoms with Crippen molar-refractivity contribution in [3.8, 4) is 11.4 Å². The summed E-state index contributed by atoms with van der Waals surface area (Å²) in [5, 5.41) is 4.14. The Balaban J connectivity index is 1.37. The Labute approximate surface area is 165 Å². The Bertz CT molecular complexity index is 818. The molecule has 1 amide bonds. The van der Waals surface area contributed by atoms with E-state index in [1.54, 1.807) is 0 Å². The molecule has 7 nitrogen and oxygen atoms in total. The molecule has 7 heteroatoms. The van der Waals surface area contributed by atoms with Crippen LogP contribution in [0.25, 0.3) is 11.4 Å². The predicted octanol–water partition coefficient (Wildman–Crippen LogP) is 2.82. The number of hydrogen-bond acceptors (Lipinski definition) is 6. The maximum Gasteiger partial charge on any atom is 0.254 e. The molecule has 0 spiro atoms. The van der Waals surface area contributed by atoms with Gasteiger partial charge in [-0.2, -0.15) is 4.98 Å². The zero-order valence-corrected chi connectivity index (χ0v) is 16.9. The van der Waals surface area contributed by atoms with E-state index >= 15 is 0 Å². The summed E-state index contributed by atoms with van der Waals surface area (Å²) in [7, 11) is 0. The van der Waals surface area contributed by atoms with Crippen molar-refractivity contribution in [3.05, 3.63) is 35.7 Å². The third-order valence-corrected chi connectivity index (χ3v) is 5.93. The molecule has 2 fully saturated rings. The summed E-state index contributed by atoms with van der Waals surface area (Å²) in [6, 6.07) is 8.11. The van der Waals surface area contributed by atoms with Gasteiger partial charge in [0.25, 0.3) is 5.91 Å². The lowest BCUT2D eigenvalue weighted by atomic mass is 10.0. The zero-order chi connectivity index (χ0) is 19.7. The van der Waals surface area contributed by atoms with Crippen molar-refractivity contribution in [1.82, 2.24) is 19.9 Å². The minimum atomic E-state index is -0.636. The molecule has 0 radical (unpaired) electrons. The minimum absolute atomic E-state index is 0.0160. The van der Waals surface area contributed by atoms with Gasteiger partial charge in [0, 0.05) is 38.3 Å². The van der Waals surface area contributed by atoms with Crippen LogP contribution in [0, 0.1) is 6.92 Å². The van der Waals surface area contributed by atoms with Crippen LogP contribution in [0.5, 0.6) is 0 Å². The molecule has 3 heterocycles. The van der Waals surface area contributed by atoms with Gasteiger partial charge in [0.2, 0.25) is 11.7 Å². The van der Waals surface area contributed by atoms with Gasteiger partial charge in [0.15, 0.2) is 0 Å². The van der Waals surface area contributed by atoms with Crippen molar-refractivity contribution < 1.29 is 14.1 Å². The number of benzene rings is 1. The minimum Gasteiger partial charge on any atom is -0.365 e. The van der Waals surface area contributed by atoms with E-state index in [0.29, 0.717) is 31.4 Å². The summed E-state index contributed by atoms with van der Waals surface area (Å²) in [6.45, 7) is 9.68. The van der Waals surface area contributed by atoms with Crippen LogP contribution in [0.1, 0.15) is 44.2 Å². The fourth-order valence-corrected chi connectivity index (χ4v) is 3.98. The highest BCUT2D eigenvalue weighted by molar-refractivity contribution is 5.85. The van der Waals surface area contributed by atoms with Gasteiger partial charge in [-0.15, -0.1) is 0 Å². The molecule has 2 aliphatic rings. The largest absolute Gasteiger partial charge is 0.365 e. The molecular weight excluding hydrogens is 356 g/mol. The van der Waals surface area contributed by atoms with Crippen molar-refractivity contribution >= 4 is 5.91 Å². The first-order valence-electron chi connectivity index (χ1n) is 10.0. The van der Waals surface area contributed by atoms with Crippen molar-refractivity contribution in [1.29, 1.82) is 0 Å². The Hall–Kier alpha value is -2.25. The smallest absolute Gasteiger partial charge is 0.254 e. The number of piperazine rings is 1. The lowest BCUT2D eigenvalue weighted by molar-refractivity contribution is -0.153. The number of rotatable bonds is 4.